The van der Waals surface area contributed by atoms with Crippen molar-refractivity contribution in [1.82, 2.24) is 9.80 Å². The number of nitrogens with one attached hydrogen (secondary N) is 2. The highest BCUT2D eigenvalue weighted by atomic mass is 79.9. The third kappa shape index (κ3) is 9.13. The van der Waals surface area contributed by atoms with Gasteiger partial charge in [-0.05, 0) is 85.3 Å². The molecule has 4 aromatic rings. The van der Waals surface area contributed by atoms with E-state index in [2.05, 4.69) is 75.0 Å². The van der Waals surface area contributed by atoms with Crippen molar-refractivity contribution in [3.05, 3.63) is 92.8 Å². The maximum atomic E-state index is 13.3. The van der Waals surface area contributed by atoms with Crippen LogP contribution in [0.2, 0.25) is 0 Å². The number of thiophene rings is 1. The van der Waals surface area contributed by atoms with Gasteiger partial charge < -0.3 is 15.0 Å². The van der Waals surface area contributed by atoms with Crippen molar-refractivity contribution in [3.63, 3.8) is 0 Å². The Morgan fingerprint density at radius 3 is 2.30 bits per heavy atom. The number of amides is 2. The minimum absolute atomic E-state index is 0.237. The first-order valence-electron chi connectivity index (χ1n) is 15.4. The molecule has 0 spiro atoms. The summed E-state index contributed by atoms with van der Waals surface area (Å²) in [4.78, 5) is 30.5. The molecule has 0 unspecified atom stereocenters. The van der Waals surface area contributed by atoms with Crippen molar-refractivity contribution < 1.29 is 22.7 Å². The zero-order valence-corrected chi connectivity index (χ0v) is 30.7. The Labute approximate surface area is 289 Å². The smallest absolute Gasteiger partial charge is 0.410 e. The Bertz CT molecular complexity index is 1910. The number of rotatable bonds is 8. The number of hydrogen-bond donors (Lipinski definition) is 2. The molecule has 2 heterocycles. The van der Waals surface area contributed by atoms with Crippen molar-refractivity contribution in [2.45, 2.75) is 52.2 Å². The molecular formula is C35H41BrN4O5S2. The number of anilines is 2. The van der Waals surface area contributed by atoms with Gasteiger partial charge in [0.15, 0.2) is 0 Å². The second-order valence-corrected chi connectivity index (χ2v) is 17.2. The average Bonchev–Trinajstić information content (AvgIpc) is 3.39. The first-order valence-corrected chi connectivity index (χ1v) is 18.9. The van der Waals surface area contributed by atoms with Crippen molar-refractivity contribution in [3.8, 4) is 0 Å². The van der Waals surface area contributed by atoms with Crippen molar-refractivity contribution in [1.29, 1.82) is 0 Å². The Morgan fingerprint density at radius 1 is 0.894 bits per heavy atom. The van der Waals surface area contributed by atoms with Gasteiger partial charge in [-0.2, -0.15) is 0 Å². The highest BCUT2D eigenvalue weighted by Crippen LogP contribution is 2.36. The molecule has 1 aromatic heterocycles. The fourth-order valence-corrected chi connectivity index (χ4v) is 7.53. The molecule has 1 aliphatic rings. The molecule has 2 N–H and O–H groups in total. The largest absolute Gasteiger partial charge is 0.444 e. The molecule has 1 aliphatic heterocycles. The summed E-state index contributed by atoms with van der Waals surface area (Å²) >= 11 is 5.00. The zero-order chi connectivity index (χ0) is 34.1. The SMILES string of the molecule is CC(C)(C)OC(=O)N1CCN(Cc2cccc(C(C)(C)c3cc(Br)cc(NC(=O)c4cc5cc(NS(C)(=O)=O)ccc5s4)c3)c2)CC1. The molecule has 5 rings (SSSR count). The van der Waals surface area contributed by atoms with Crippen LogP contribution in [0.15, 0.2) is 71.2 Å². The van der Waals surface area contributed by atoms with Crippen LogP contribution in [0.3, 0.4) is 0 Å². The van der Waals surface area contributed by atoms with E-state index in [-0.39, 0.29) is 17.4 Å². The van der Waals surface area contributed by atoms with E-state index >= 15 is 0 Å². The van der Waals surface area contributed by atoms with Crippen LogP contribution >= 0.6 is 27.3 Å². The van der Waals surface area contributed by atoms with Crippen LogP contribution in [0.25, 0.3) is 10.1 Å². The molecule has 2 amide bonds. The number of carbonyl (C=O) groups is 2. The third-order valence-corrected chi connectivity index (χ3v) is 10.2. The van der Waals surface area contributed by atoms with Crippen LogP contribution in [0, 0.1) is 0 Å². The normalized spacial score (nSPS) is 14.7. The predicted molar refractivity (Wildman–Crippen MR) is 194 cm³/mol. The van der Waals surface area contributed by atoms with Gasteiger partial charge in [-0.15, -0.1) is 11.3 Å². The Kier molecular flexibility index (Phi) is 10.1. The summed E-state index contributed by atoms with van der Waals surface area (Å²) in [6, 6.07) is 21.5. The molecule has 3 aromatic carbocycles. The quantitative estimate of drug-likeness (QED) is 0.192. The number of carbonyl (C=O) groups excluding carboxylic acids is 2. The van der Waals surface area contributed by atoms with Gasteiger partial charge in [-0.3, -0.25) is 14.4 Å². The monoisotopic (exact) mass is 740 g/mol. The average molecular weight is 742 g/mol. The summed E-state index contributed by atoms with van der Waals surface area (Å²) in [6.45, 7) is 13.6. The lowest BCUT2D eigenvalue weighted by atomic mass is 9.77. The van der Waals surface area contributed by atoms with Crippen molar-refractivity contribution in [2.24, 2.45) is 0 Å². The molecule has 0 aliphatic carbocycles. The van der Waals surface area contributed by atoms with Gasteiger partial charge in [0.2, 0.25) is 10.0 Å². The first-order chi connectivity index (χ1) is 21.9. The van der Waals surface area contributed by atoms with Gasteiger partial charge in [0.05, 0.1) is 11.1 Å². The number of benzene rings is 3. The highest BCUT2D eigenvalue weighted by molar-refractivity contribution is 9.10. The fraction of sp³-hybridized carbons (Fsp3) is 0.371. The Balaban J connectivity index is 1.27. The van der Waals surface area contributed by atoms with Crippen LogP contribution in [0.1, 0.15) is 61.0 Å². The van der Waals surface area contributed by atoms with Gasteiger partial charge in [0.1, 0.15) is 5.60 Å². The van der Waals surface area contributed by atoms with E-state index < -0.39 is 15.6 Å². The van der Waals surface area contributed by atoms with E-state index in [1.165, 1.54) is 16.9 Å². The number of halogens is 1. The zero-order valence-electron chi connectivity index (χ0n) is 27.5. The summed E-state index contributed by atoms with van der Waals surface area (Å²) in [7, 11) is -3.40. The Hall–Kier alpha value is -3.45. The molecule has 1 saturated heterocycles. The fourth-order valence-electron chi connectivity index (χ4n) is 5.55. The molecule has 0 atom stereocenters. The highest BCUT2D eigenvalue weighted by Gasteiger charge is 2.27. The topological polar surface area (TPSA) is 108 Å². The number of nitrogens with zero attached hydrogens (tertiary/aromatic N) is 2. The van der Waals surface area contributed by atoms with Gasteiger partial charge in [-0.25, -0.2) is 13.2 Å². The van der Waals surface area contributed by atoms with E-state index in [4.69, 9.17) is 4.74 Å². The third-order valence-electron chi connectivity index (χ3n) is 8.00. The van der Waals surface area contributed by atoms with Crippen molar-refractivity contribution >= 4 is 70.8 Å². The molecular weight excluding hydrogens is 700 g/mol. The van der Waals surface area contributed by atoms with E-state index in [1.54, 1.807) is 23.1 Å². The molecule has 47 heavy (non-hydrogen) atoms. The lowest BCUT2D eigenvalue weighted by Gasteiger charge is -2.35. The van der Waals surface area contributed by atoms with E-state index in [0.717, 1.165) is 51.6 Å². The number of hydrogen-bond acceptors (Lipinski definition) is 7. The van der Waals surface area contributed by atoms with E-state index in [1.807, 2.05) is 39.0 Å². The standard InChI is InChI=1S/C35H41BrN4O5S2/c1-34(2,3)45-33(42)40-14-12-39(13-15-40)22-23-8-7-9-25(16-23)35(4,5)26-19-27(36)21-29(20-26)37-32(41)31-18-24-17-28(38-47(6,43)44)10-11-30(24)46-31/h7-11,16-21,38H,12-15,22H2,1-6H3,(H,37,41). The lowest BCUT2D eigenvalue weighted by Crippen LogP contribution is -2.49. The van der Waals surface area contributed by atoms with E-state index in [0.29, 0.717) is 29.3 Å². The van der Waals surface area contributed by atoms with Crippen LogP contribution < -0.4 is 10.0 Å². The Morgan fingerprint density at radius 2 is 1.62 bits per heavy atom. The first kappa shape index (κ1) is 34.9. The van der Waals surface area contributed by atoms with Crippen LogP contribution in [0.4, 0.5) is 16.2 Å². The summed E-state index contributed by atoms with van der Waals surface area (Å²) in [6.07, 6.45) is 0.847. The molecule has 0 radical (unpaired) electrons. The van der Waals surface area contributed by atoms with Gasteiger partial charge in [0.25, 0.3) is 5.91 Å². The van der Waals surface area contributed by atoms with Crippen LogP contribution in [-0.4, -0.2) is 68.3 Å². The molecule has 1 fully saturated rings. The number of ether oxygens (including phenoxy) is 1. The summed E-state index contributed by atoms with van der Waals surface area (Å²) in [5.41, 5.74) is 3.64. The van der Waals surface area contributed by atoms with E-state index in [9.17, 15) is 18.0 Å². The molecule has 12 heteroatoms. The molecule has 0 bridgehead atoms. The number of sulfonamides is 1. The number of piperazine rings is 1. The van der Waals surface area contributed by atoms with Crippen LogP contribution in [-0.2, 0) is 26.7 Å². The van der Waals surface area contributed by atoms with Gasteiger partial charge in [-0.1, -0.05) is 54.0 Å². The second-order valence-electron chi connectivity index (χ2n) is 13.5. The van der Waals surface area contributed by atoms with Crippen LogP contribution in [0.5, 0.6) is 0 Å². The minimum atomic E-state index is -3.40. The summed E-state index contributed by atoms with van der Waals surface area (Å²) < 4.78 is 33.0. The minimum Gasteiger partial charge on any atom is -0.444 e. The van der Waals surface area contributed by atoms with Gasteiger partial charge >= 0.3 is 6.09 Å². The maximum absolute atomic E-state index is 13.3. The molecule has 250 valence electrons. The summed E-state index contributed by atoms with van der Waals surface area (Å²) in [5.74, 6) is -0.237. The molecule has 9 nitrogen and oxygen atoms in total. The number of fused-ring (bicyclic) bond motifs is 1. The second kappa shape index (κ2) is 13.6. The van der Waals surface area contributed by atoms with Crippen molar-refractivity contribution in [2.75, 3.05) is 42.5 Å². The predicted octanol–water partition coefficient (Wildman–Crippen LogP) is 7.67. The summed E-state index contributed by atoms with van der Waals surface area (Å²) in [5, 5.41) is 3.84. The van der Waals surface area contributed by atoms with Gasteiger partial charge in [0, 0.05) is 58.7 Å². The lowest BCUT2D eigenvalue weighted by molar-refractivity contribution is 0.0139. The molecule has 0 saturated carbocycles. The maximum Gasteiger partial charge on any atom is 0.410 e.